The maximum absolute atomic E-state index is 8.65. The van der Waals surface area contributed by atoms with Gasteiger partial charge in [-0.3, -0.25) is 5.10 Å². The molecule has 1 aliphatic rings. The van der Waals surface area contributed by atoms with Crippen LogP contribution in [0.4, 0.5) is 0 Å². The minimum Gasteiger partial charge on any atom is -0.475 e. The van der Waals surface area contributed by atoms with Gasteiger partial charge in [-0.1, -0.05) is 0 Å². The lowest BCUT2D eigenvalue weighted by Crippen LogP contribution is -2.19. The van der Waals surface area contributed by atoms with Crippen molar-refractivity contribution in [2.24, 2.45) is 0 Å². The summed E-state index contributed by atoms with van der Waals surface area (Å²) in [6, 6.07) is 1.90. The molecule has 4 rings (SSSR count). The minimum absolute atomic E-state index is 0.0154. The lowest BCUT2D eigenvalue weighted by atomic mass is 10.1. The fourth-order valence-electron chi connectivity index (χ4n) is 3.42. The van der Waals surface area contributed by atoms with Crippen LogP contribution >= 0.6 is 0 Å². The summed E-state index contributed by atoms with van der Waals surface area (Å²) in [6.45, 7) is 2.78. The number of rotatable bonds is 11. The van der Waals surface area contributed by atoms with Crippen molar-refractivity contribution in [1.29, 1.82) is 0 Å². The highest BCUT2D eigenvalue weighted by Crippen LogP contribution is 2.33. The summed E-state index contributed by atoms with van der Waals surface area (Å²) in [7, 11) is 0. The quantitative estimate of drug-likeness (QED) is 0.455. The fourth-order valence-corrected chi connectivity index (χ4v) is 3.42. The molecule has 1 atom stereocenters. The highest BCUT2D eigenvalue weighted by molar-refractivity contribution is 5.93. The number of hydrogen-bond donors (Lipinski definition) is 2. The van der Waals surface area contributed by atoms with E-state index in [1.165, 1.54) is 0 Å². The molecule has 1 unspecified atom stereocenters. The van der Waals surface area contributed by atoms with Crippen LogP contribution in [0.15, 0.2) is 24.7 Å². The highest BCUT2D eigenvalue weighted by Gasteiger charge is 2.22. The first-order chi connectivity index (χ1) is 14.9. The van der Waals surface area contributed by atoms with Gasteiger partial charge in [-0.25, -0.2) is 9.67 Å². The first-order valence-electron chi connectivity index (χ1n) is 10.2. The number of pyridine rings is 1. The SMILES string of the molecule is OCCOCCOCCOc1cc2c(-c3cn[nH]c3)nn(C3CCCCO3)c2cn1. The third kappa shape index (κ3) is 4.96. The predicted molar refractivity (Wildman–Crippen MR) is 108 cm³/mol. The number of nitrogens with one attached hydrogen (secondary N) is 1. The van der Waals surface area contributed by atoms with Gasteiger partial charge in [0.25, 0.3) is 0 Å². The minimum atomic E-state index is -0.0862. The molecule has 0 saturated carbocycles. The van der Waals surface area contributed by atoms with Crippen LogP contribution in [0.3, 0.4) is 0 Å². The van der Waals surface area contributed by atoms with Crippen LogP contribution in [0.25, 0.3) is 22.2 Å². The van der Waals surface area contributed by atoms with E-state index in [9.17, 15) is 0 Å². The second-order valence-corrected chi connectivity index (χ2v) is 6.94. The molecule has 0 aliphatic carbocycles. The number of nitrogens with zero attached hydrogens (tertiary/aromatic N) is 4. The summed E-state index contributed by atoms with van der Waals surface area (Å²) in [5, 5.41) is 21.3. The number of hydrogen-bond acceptors (Lipinski definition) is 8. The van der Waals surface area contributed by atoms with E-state index in [-0.39, 0.29) is 12.8 Å². The van der Waals surface area contributed by atoms with Crippen molar-refractivity contribution in [2.45, 2.75) is 25.5 Å². The molecular formula is C20H27N5O5. The molecule has 0 aromatic carbocycles. The maximum Gasteiger partial charge on any atom is 0.214 e. The van der Waals surface area contributed by atoms with E-state index < -0.39 is 0 Å². The second-order valence-electron chi connectivity index (χ2n) is 6.94. The summed E-state index contributed by atoms with van der Waals surface area (Å²) in [4.78, 5) is 4.45. The average molecular weight is 417 g/mol. The lowest BCUT2D eigenvalue weighted by Gasteiger charge is -2.23. The van der Waals surface area contributed by atoms with E-state index in [1.807, 2.05) is 16.9 Å². The van der Waals surface area contributed by atoms with Crippen LogP contribution in [0.1, 0.15) is 25.5 Å². The molecule has 162 valence electrons. The van der Waals surface area contributed by atoms with Gasteiger partial charge >= 0.3 is 0 Å². The fraction of sp³-hybridized carbons (Fsp3) is 0.550. The molecule has 10 nitrogen and oxygen atoms in total. The van der Waals surface area contributed by atoms with Crippen LogP contribution in [-0.2, 0) is 14.2 Å². The number of aromatic nitrogens is 5. The molecule has 10 heteroatoms. The zero-order valence-corrected chi connectivity index (χ0v) is 16.8. The molecule has 2 N–H and O–H groups in total. The monoisotopic (exact) mass is 417 g/mol. The molecule has 4 heterocycles. The summed E-state index contributed by atoms with van der Waals surface area (Å²) in [6.07, 6.45) is 8.39. The first-order valence-corrected chi connectivity index (χ1v) is 10.2. The molecule has 0 bridgehead atoms. The number of H-pyrrole nitrogens is 1. The molecule has 1 aliphatic heterocycles. The van der Waals surface area contributed by atoms with E-state index in [2.05, 4.69) is 15.2 Å². The van der Waals surface area contributed by atoms with Crippen molar-refractivity contribution in [3.05, 3.63) is 24.7 Å². The standard InChI is InChI=1S/C20H27N5O5/c26-4-6-27-7-8-28-9-10-29-18-11-16-17(14-21-18)25(19-3-1-2-5-30-19)24-20(16)15-12-22-23-13-15/h11-14,19,26H,1-10H2,(H,22,23). The molecule has 3 aromatic heterocycles. The molecule has 3 aromatic rings. The van der Waals surface area contributed by atoms with Gasteiger partial charge in [0.15, 0.2) is 6.23 Å². The Morgan fingerprint density at radius 3 is 2.77 bits per heavy atom. The van der Waals surface area contributed by atoms with E-state index in [4.69, 9.17) is 29.2 Å². The molecule has 1 saturated heterocycles. The third-order valence-electron chi connectivity index (χ3n) is 4.85. The van der Waals surface area contributed by atoms with Gasteiger partial charge < -0.3 is 24.1 Å². The summed E-state index contributed by atoms with van der Waals surface area (Å²) in [5.74, 6) is 0.511. The Morgan fingerprint density at radius 1 is 1.13 bits per heavy atom. The van der Waals surface area contributed by atoms with Gasteiger partial charge in [0, 0.05) is 29.8 Å². The molecule has 0 spiro atoms. The van der Waals surface area contributed by atoms with Crippen LogP contribution in [-0.4, -0.2) is 76.3 Å². The van der Waals surface area contributed by atoms with Crippen molar-refractivity contribution in [3.8, 4) is 17.1 Å². The van der Waals surface area contributed by atoms with Gasteiger partial charge in [-0.05, 0) is 19.3 Å². The number of ether oxygens (including phenoxy) is 4. The van der Waals surface area contributed by atoms with Crippen LogP contribution in [0.2, 0.25) is 0 Å². The van der Waals surface area contributed by atoms with Gasteiger partial charge in [-0.2, -0.15) is 10.2 Å². The molecular weight excluding hydrogens is 390 g/mol. The third-order valence-corrected chi connectivity index (χ3v) is 4.85. The van der Waals surface area contributed by atoms with Gasteiger partial charge in [0.05, 0.1) is 50.9 Å². The first kappa shape index (κ1) is 20.7. The number of aliphatic hydroxyl groups excluding tert-OH is 1. The lowest BCUT2D eigenvalue weighted by molar-refractivity contribution is -0.0365. The number of aliphatic hydroxyl groups is 1. The molecule has 0 amide bonds. The van der Waals surface area contributed by atoms with Crippen molar-refractivity contribution in [1.82, 2.24) is 25.0 Å². The van der Waals surface area contributed by atoms with Crippen LogP contribution in [0.5, 0.6) is 5.88 Å². The smallest absolute Gasteiger partial charge is 0.214 e. The summed E-state index contributed by atoms with van der Waals surface area (Å²) in [5.41, 5.74) is 2.62. The Bertz CT molecular complexity index is 908. The Labute approximate surface area is 174 Å². The van der Waals surface area contributed by atoms with Gasteiger partial charge in [0.1, 0.15) is 12.3 Å². The van der Waals surface area contributed by atoms with E-state index in [1.54, 1.807) is 12.4 Å². The van der Waals surface area contributed by atoms with Gasteiger partial charge in [-0.15, -0.1) is 0 Å². The molecule has 1 fully saturated rings. The zero-order valence-electron chi connectivity index (χ0n) is 16.8. The maximum atomic E-state index is 8.65. The van der Waals surface area contributed by atoms with Crippen molar-refractivity contribution < 1.29 is 24.1 Å². The van der Waals surface area contributed by atoms with E-state index in [0.29, 0.717) is 38.9 Å². The topological polar surface area (TPSA) is 117 Å². The summed E-state index contributed by atoms with van der Waals surface area (Å²) >= 11 is 0. The van der Waals surface area contributed by atoms with Crippen molar-refractivity contribution in [3.63, 3.8) is 0 Å². The van der Waals surface area contributed by atoms with E-state index >= 15 is 0 Å². The predicted octanol–water partition coefficient (Wildman–Crippen LogP) is 1.92. The van der Waals surface area contributed by atoms with Crippen LogP contribution in [0, 0.1) is 0 Å². The second kappa shape index (κ2) is 10.5. The van der Waals surface area contributed by atoms with E-state index in [0.717, 1.165) is 48.0 Å². The Hall–Kier alpha value is -2.53. The Balaban J connectivity index is 1.45. The molecule has 30 heavy (non-hydrogen) atoms. The van der Waals surface area contributed by atoms with Crippen molar-refractivity contribution >= 4 is 10.9 Å². The van der Waals surface area contributed by atoms with Crippen LogP contribution < -0.4 is 4.74 Å². The number of fused-ring (bicyclic) bond motifs is 1. The summed E-state index contributed by atoms with van der Waals surface area (Å²) < 4.78 is 24.2. The zero-order chi connectivity index (χ0) is 20.6. The Morgan fingerprint density at radius 2 is 2.00 bits per heavy atom. The molecule has 0 radical (unpaired) electrons. The average Bonchev–Trinajstić information content (AvgIpc) is 3.44. The highest BCUT2D eigenvalue weighted by atomic mass is 16.5. The normalized spacial score (nSPS) is 16.9. The van der Waals surface area contributed by atoms with Gasteiger partial charge in [0.2, 0.25) is 5.88 Å². The van der Waals surface area contributed by atoms with Crippen molar-refractivity contribution in [2.75, 3.05) is 46.2 Å². The Kier molecular flexibility index (Phi) is 7.25. The largest absolute Gasteiger partial charge is 0.475 e. The number of aromatic amines is 1.